The van der Waals surface area contributed by atoms with Gasteiger partial charge >= 0.3 is 0 Å². The molecule has 0 aliphatic carbocycles. The van der Waals surface area contributed by atoms with E-state index < -0.39 is 27.6 Å². The molecule has 4 aromatic rings. The van der Waals surface area contributed by atoms with Gasteiger partial charge in [-0.2, -0.15) is 13.2 Å². The highest BCUT2D eigenvalue weighted by atomic mass is 32.2. The SMILES string of the molecule is Cc1ccc(S(=O)(=O)N/N=c2\oc3ccccc3cc2C(=O)Nc2ccc(F)cc2F)cc1. The average Bonchev–Trinajstić information content (AvgIpc) is 2.79. The van der Waals surface area contributed by atoms with Gasteiger partial charge in [-0.15, -0.1) is 5.10 Å². The number of hydrogen-bond donors (Lipinski definition) is 2. The van der Waals surface area contributed by atoms with E-state index in [1.54, 1.807) is 36.4 Å². The highest BCUT2D eigenvalue weighted by Crippen LogP contribution is 2.18. The standard InChI is InChI=1S/C23H17F2N3O4S/c1-14-6-9-17(10-7-14)33(30,31)28-27-23-18(12-15-4-2-3-5-21(15)32-23)22(29)26-20-11-8-16(24)13-19(20)25/h2-13,28H,1H3,(H,26,29)/b27-23-. The van der Waals surface area contributed by atoms with E-state index in [2.05, 4.69) is 15.2 Å². The molecule has 3 aromatic carbocycles. The second kappa shape index (κ2) is 8.83. The lowest BCUT2D eigenvalue weighted by molar-refractivity contribution is 0.102. The molecule has 0 aliphatic rings. The molecule has 2 N–H and O–H groups in total. The van der Waals surface area contributed by atoms with E-state index in [0.717, 1.165) is 17.7 Å². The number of rotatable bonds is 5. The summed E-state index contributed by atoms with van der Waals surface area (Å²) in [6.45, 7) is 1.82. The third-order valence-corrected chi connectivity index (χ3v) is 5.90. The van der Waals surface area contributed by atoms with Crippen LogP contribution in [0.25, 0.3) is 11.0 Å². The Labute approximate surface area is 187 Å². The van der Waals surface area contributed by atoms with E-state index in [1.165, 1.54) is 18.2 Å². The summed E-state index contributed by atoms with van der Waals surface area (Å²) in [5.41, 5.74) is 0.451. The van der Waals surface area contributed by atoms with Crippen LogP contribution >= 0.6 is 0 Å². The fraction of sp³-hybridized carbons (Fsp3) is 0.0435. The summed E-state index contributed by atoms with van der Waals surface area (Å²) in [5.74, 6) is -2.60. The molecule has 0 fully saturated rings. The molecule has 10 heteroatoms. The van der Waals surface area contributed by atoms with E-state index in [0.29, 0.717) is 17.0 Å². The zero-order valence-corrected chi connectivity index (χ0v) is 18.0. The van der Waals surface area contributed by atoms with Gasteiger partial charge in [-0.1, -0.05) is 35.9 Å². The number of halogens is 2. The molecule has 4 rings (SSSR count). The Bertz CT molecular complexity index is 1530. The molecule has 0 radical (unpaired) electrons. The molecule has 1 heterocycles. The van der Waals surface area contributed by atoms with Crippen LogP contribution in [0, 0.1) is 18.6 Å². The lowest BCUT2D eigenvalue weighted by atomic mass is 10.1. The summed E-state index contributed by atoms with van der Waals surface area (Å²) in [6, 6.07) is 16.9. The lowest BCUT2D eigenvalue weighted by Gasteiger charge is -2.08. The van der Waals surface area contributed by atoms with Crippen molar-refractivity contribution < 1.29 is 26.4 Å². The normalized spacial score (nSPS) is 12.0. The molecule has 0 unspecified atom stereocenters. The number of amides is 1. The van der Waals surface area contributed by atoms with Crippen molar-refractivity contribution in [2.24, 2.45) is 5.10 Å². The van der Waals surface area contributed by atoms with Crippen LogP contribution in [-0.4, -0.2) is 14.3 Å². The van der Waals surface area contributed by atoms with Crippen molar-refractivity contribution in [2.75, 3.05) is 5.32 Å². The van der Waals surface area contributed by atoms with Crippen molar-refractivity contribution in [3.8, 4) is 0 Å². The maximum absolute atomic E-state index is 14.0. The van der Waals surface area contributed by atoms with Gasteiger partial charge in [0.15, 0.2) is 0 Å². The smallest absolute Gasteiger partial charge is 0.276 e. The highest BCUT2D eigenvalue weighted by molar-refractivity contribution is 7.89. The largest absolute Gasteiger partial charge is 0.436 e. The molecule has 0 aliphatic heterocycles. The van der Waals surface area contributed by atoms with E-state index in [9.17, 15) is 22.0 Å². The second-order valence-electron chi connectivity index (χ2n) is 7.10. The quantitative estimate of drug-likeness (QED) is 0.431. The molecular weight excluding hydrogens is 452 g/mol. The minimum absolute atomic E-state index is 0.0305. The number of hydrogen-bond acceptors (Lipinski definition) is 5. The summed E-state index contributed by atoms with van der Waals surface area (Å²) >= 11 is 0. The predicted molar refractivity (Wildman–Crippen MR) is 118 cm³/mol. The molecule has 7 nitrogen and oxygen atoms in total. The number of para-hydroxylation sites is 1. The Kier molecular flexibility index (Phi) is 5.93. The number of nitrogens with one attached hydrogen (secondary N) is 2. The van der Waals surface area contributed by atoms with Crippen molar-refractivity contribution >= 4 is 32.6 Å². The molecular formula is C23H17F2N3O4S. The average molecular weight is 469 g/mol. The summed E-state index contributed by atoms with van der Waals surface area (Å²) in [4.78, 5) is 14.9. The van der Waals surface area contributed by atoms with Gasteiger partial charge in [0, 0.05) is 11.5 Å². The van der Waals surface area contributed by atoms with E-state index in [1.807, 2.05) is 6.92 Å². The van der Waals surface area contributed by atoms with Crippen molar-refractivity contribution in [2.45, 2.75) is 11.8 Å². The number of benzene rings is 3. The van der Waals surface area contributed by atoms with Crippen LogP contribution in [-0.2, 0) is 10.0 Å². The molecule has 0 bridgehead atoms. The Morgan fingerprint density at radius 3 is 2.42 bits per heavy atom. The summed E-state index contributed by atoms with van der Waals surface area (Å²) in [6.07, 6.45) is 0. The van der Waals surface area contributed by atoms with Gasteiger partial charge in [-0.05, 0) is 43.3 Å². The molecule has 0 saturated heterocycles. The van der Waals surface area contributed by atoms with Crippen LogP contribution in [0.15, 0.2) is 87.2 Å². The summed E-state index contributed by atoms with van der Waals surface area (Å²) in [5, 5.41) is 6.65. The van der Waals surface area contributed by atoms with Crippen LogP contribution in [0.5, 0.6) is 0 Å². The van der Waals surface area contributed by atoms with Crippen molar-refractivity contribution in [3.05, 3.63) is 101 Å². The first-order valence-electron chi connectivity index (χ1n) is 9.64. The third kappa shape index (κ3) is 4.90. The van der Waals surface area contributed by atoms with Crippen molar-refractivity contribution in [1.29, 1.82) is 0 Å². The minimum Gasteiger partial charge on any atom is -0.436 e. The zero-order chi connectivity index (χ0) is 23.6. The van der Waals surface area contributed by atoms with Crippen LogP contribution in [0.3, 0.4) is 0 Å². The lowest BCUT2D eigenvalue weighted by Crippen LogP contribution is -2.27. The first-order chi connectivity index (χ1) is 15.7. The summed E-state index contributed by atoms with van der Waals surface area (Å²) < 4.78 is 58.0. The number of carbonyl (C=O) groups is 1. The molecule has 1 aromatic heterocycles. The molecule has 0 saturated carbocycles. The molecule has 0 atom stereocenters. The predicted octanol–water partition coefficient (Wildman–Crippen LogP) is 4.07. The van der Waals surface area contributed by atoms with E-state index in [-0.39, 0.29) is 21.7 Å². The maximum atomic E-state index is 14.0. The minimum atomic E-state index is -4.05. The van der Waals surface area contributed by atoms with E-state index >= 15 is 0 Å². The van der Waals surface area contributed by atoms with Crippen molar-refractivity contribution in [1.82, 2.24) is 4.83 Å². The van der Waals surface area contributed by atoms with Gasteiger partial charge in [0.25, 0.3) is 15.9 Å². The fourth-order valence-electron chi connectivity index (χ4n) is 2.97. The molecule has 33 heavy (non-hydrogen) atoms. The number of sulfonamides is 1. The first-order valence-corrected chi connectivity index (χ1v) is 11.1. The Morgan fingerprint density at radius 1 is 0.970 bits per heavy atom. The topological polar surface area (TPSA) is 101 Å². The van der Waals surface area contributed by atoms with Gasteiger partial charge in [-0.25, -0.2) is 8.78 Å². The molecule has 168 valence electrons. The number of fused-ring (bicyclic) bond motifs is 1. The van der Waals surface area contributed by atoms with Gasteiger partial charge in [0.2, 0.25) is 5.55 Å². The fourth-order valence-corrected chi connectivity index (χ4v) is 3.77. The number of carbonyl (C=O) groups excluding carboxylic acids is 1. The number of aryl methyl sites for hydroxylation is 1. The first kappa shape index (κ1) is 22.2. The number of nitrogens with zero attached hydrogens (tertiary/aromatic N) is 1. The Balaban J connectivity index is 1.75. The maximum Gasteiger partial charge on any atom is 0.276 e. The van der Waals surface area contributed by atoms with Gasteiger partial charge < -0.3 is 9.73 Å². The Morgan fingerprint density at radius 2 is 1.70 bits per heavy atom. The number of anilines is 1. The monoisotopic (exact) mass is 469 g/mol. The Hall–Kier alpha value is -4.05. The van der Waals surface area contributed by atoms with Crippen molar-refractivity contribution in [3.63, 3.8) is 0 Å². The van der Waals surface area contributed by atoms with Crippen LogP contribution in [0.1, 0.15) is 15.9 Å². The summed E-state index contributed by atoms with van der Waals surface area (Å²) in [7, 11) is -4.05. The van der Waals surface area contributed by atoms with E-state index in [4.69, 9.17) is 4.42 Å². The molecule has 1 amide bonds. The van der Waals surface area contributed by atoms with Crippen LogP contribution in [0.2, 0.25) is 0 Å². The van der Waals surface area contributed by atoms with Gasteiger partial charge in [0.1, 0.15) is 22.8 Å². The van der Waals surface area contributed by atoms with Gasteiger partial charge in [-0.3, -0.25) is 4.79 Å². The molecule has 0 spiro atoms. The van der Waals surface area contributed by atoms with Gasteiger partial charge in [0.05, 0.1) is 10.6 Å². The second-order valence-corrected chi connectivity index (χ2v) is 8.76. The third-order valence-electron chi connectivity index (χ3n) is 4.68. The zero-order valence-electron chi connectivity index (χ0n) is 17.2. The van der Waals surface area contributed by atoms with Crippen LogP contribution < -0.4 is 15.7 Å². The van der Waals surface area contributed by atoms with Crippen LogP contribution in [0.4, 0.5) is 14.5 Å². The highest BCUT2D eigenvalue weighted by Gasteiger charge is 2.17.